The van der Waals surface area contributed by atoms with Gasteiger partial charge in [0.2, 0.25) is 0 Å². The molecule has 0 aliphatic carbocycles. The number of alkyl halides is 3. The van der Waals surface area contributed by atoms with Crippen LogP contribution in [0, 0.1) is 0 Å². The molecule has 0 aliphatic rings. The summed E-state index contributed by atoms with van der Waals surface area (Å²) in [5.41, 5.74) is 3.25. The largest absolute Gasteiger partial charge is 0.573 e. The number of benzene rings is 3. The zero-order valence-corrected chi connectivity index (χ0v) is 16.6. The van der Waals surface area contributed by atoms with Crippen LogP contribution in [0.15, 0.2) is 67.0 Å². The van der Waals surface area contributed by atoms with Crippen molar-refractivity contribution in [1.29, 1.82) is 0 Å². The molecule has 3 aromatic carbocycles. The summed E-state index contributed by atoms with van der Waals surface area (Å²) in [7, 11) is 0. The first kappa shape index (κ1) is 22.2. The molecule has 162 valence electrons. The highest BCUT2D eigenvalue weighted by atomic mass is 35.5. The molecule has 0 atom stereocenters. The monoisotopic (exact) mass is 451 g/mol. The number of nitrogens with one attached hydrogen (secondary N) is 2. The van der Waals surface area contributed by atoms with E-state index in [4.69, 9.17) is 23.3 Å². The van der Waals surface area contributed by atoms with Crippen LogP contribution in [0.2, 0.25) is 5.02 Å². The van der Waals surface area contributed by atoms with Crippen LogP contribution in [0.5, 0.6) is 5.75 Å². The van der Waals surface area contributed by atoms with E-state index in [9.17, 15) is 18.0 Å². The van der Waals surface area contributed by atoms with Gasteiger partial charge in [-0.05, 0) is 53.2 Å². The summed E-state index contributed by atoms with van der Waals surface area (Å²) in [5, 5.41) is 5.24. The second kappa shape index (κ2) is 8.72. The molecule has 3 aromatic rings. The molecule has 0 spiro atoms. The minimum atomic E-state index is -4.79. The normalized spacial score (nSPS) is 11.2. The fraction of sp³-hybridized carbons (Fsp3) is 0.0500. The van der Waals surface area contributed by atoms with Gasteiger partial charge in [0.05, 0.1) is 11.4 Å². The van der Waals surface area contributed by atoms with Crippen molar-refractivity contribution in [1.82, 2.24) is 5.43 Å². The highest BCUT2D eigenvalue weighted by Gasteiger charge is 2.31. The number of fused-ring (bicyclic) bond motifs is 1. The highest BCUT2D eigenvalue weighted by Crippen LogP contribution is 2.30. The Morgan fingerprint density at radius 1 is 1.06 bits per heavy atom. The molecule has 0 radical (unpaired) electrons. The van der Waals surface area contributed by atoms with Crippen LogP contribution in [-0.4, -0.2) is 12.3 Å². The predicted molar refractivity (Wildman–Crippen MR) is 113 cm³/mol. The molecule has 11 heteroatoms. The van der Waals surface area contributed by atoms with Gasteiger partial charge in [0.25, 0.3) is 5.91 Å². The second-order valence-corrected chi connectivity index (χ2v) is 6.78. The third-order valence-corrected chi connectivity index (χ3v) is 4.47. The van der Waals surface area contributed by atoms with Gasteiger partial charge in [0.15, 0.2) is 0 Å². The summed E-state index contributed by atoms with van der Waals surface area (Å²) >= 11 is 6.02. The van der Waals surface area contributed by atoms with Gasteiger partial charge in [0.1, 0.15) is 11.6 Å². The third-order valence-electron chi connectivity index (χ3n) is 4.23. The Bertz CT molecular complexity index is 1150. The molecular formula is C20H17ClF3N5O2. The maximum atomic E-state index is 12.8. The van der Waals surface area contributed by atoms with Crippen molar-refractivity contribution >= 4 is 39.7 Å². The summed E-state index contributed by atoms with van der Waals surface area (Å²) in [6, 6.07) is 13.0. The Morgan fingerprint density at radius 2 is 1.74 bits per heavy atom. The van der Waals surface area contributed by atoms with Crippen molar-refractivity contribution in [2.75, 3.05) is 10.3 Å². The van der Waals surface area contributed by atoms with Crippen LogP contribution < -0.4 is 32.2 Å². The quantitative estimate of drug-likeness (QED) is 0.330. The van der Waals surface area contributed by atoms with E-state index in [0.29, 0.717) is 27.2 Å². The average Bonchev–Trinajstić information content (AvgIpc) is 2.72. The molecule has 0 aliphatic heterocycles. The maximum absolute atomic E-state index is 12.8. The summed E-state index contributed by atoms with van der Waals surface area (Å²) in [6.07, 6.45) is -4.79. The summed E-state index contributed by atoms with van der Waals surface area (Å²) in [5.74, 6) is 10.6. The van der Waals surface area contributed by atoms with Crippen molar-refractivity contribution in [3.8, 4) is 5.75 Å². The zero-order chi connectivity index (χ0) is 22.8. The minimum Gasteiger partial charge on any atom is -0.406 e. The lowest BCUT2D eigenvalue weighted by molar-refractivity contribution is -0.274. The van der Waals surface area contributed by atoms with Crippen LogP contribution in [0.3, 0.4) is 0 Å². The number of nitrogens with two attached hydrogens (primary N) is 2. The average molecular weight is 452 g/mol. The molecule has 1 amide bonds. The minimum absolute atomic E-state index is 0.153. The molecule has 0 aromatic heterocycles. The number of hydrogen-bond donors (Lipinski definition) is 4. The molecule has 0 fully saturated rings. The van der Waals surface area contributed by atoms with E-state index < -0.39 is 12.3 Å². The van der Waals surface area contributed by atoms with Crippen LogP contribution in [0.25, 0.3) is 10.8 Å². The Hall–Kier alpha value is -3.47. The summed E-state index contributed by atoms with van der Waals surface area (Å²) in [4.78, 5) is 12.8. The third kappa shape index (κ3) is 5.37. The molecule has 0 unspecified atom stereocenters. The van der Waals surface area contributed by atoms with E-state index in [1.54, 1.807) is 12.1 Å². The van der Waals surface area contributed by atoms with Gasteiger partial charge in [-0.2, -0.15) is 0 Å². The zero-order valence-electron chi connectivity index (χ0n) is 15.8. The number of carbonyl (C=O) groups excluding carboxylic acids is 1. The van der Waals surface area contributed by atoms with Crippen LogP contribution >= 0.6 is 11.6 Å². The van der Waals surface area contributed by atoms with Crippen LogP contribution in [0.1, 0.15) is 10.4 Å². The lowest BCUT2D eigenvalue weighted by Crippen LogP contribution is -2.40. The number of anilines is 2. The molecule has 7 nitrogen and oxygen atoms in total. The van der Waals surface area contributed by atoms with Crippen molar-refractivity contribution in [3.63, 3.8) is 0 Å². The molecule has 6 N–H and O–H groups in total. The Kier molecular flexibility index (Phi) is 6.25. The lowest BCUT2D eigenvalue weighted by atomic mass is 10.1. The fourth-order valence-electron chi connectivity index (χ4n) is 2.78. The van der Waals surface area contributed by atoms with Crippen molar-refractivity contribution < 1.29 is 22.7 Å². The first-order chi connectivity index (χ1) is 14.6. The SMILES string of the molecule is C=C(NN)N(N)c1cc(Cl)ccc1NC(=O)c1ccc2cc(OC(F)(F)F)ccc2c1. The van der Waals surface area contributed by atoms with Crippen molar-refractivity contribution in [2.24, 2.45) is 11.7 Å². The smallest absolute Gasteiger partial charge is 0.406 e. The highest BCUT2D eigenvalue weighted by molar-refractivity contribution is 6.31. The second-order valence-electron chi connectivity index (χ2n) is 6.35. The summed E-state index contributed by atoms with van der Waals surface area (Å²) < 4.78 is 41.1. The molecular weight excluding hydrogens is 435 g/mol. The molecule has 0 bridgehead atoms. The molecule has 3 rings (SSSR count). The van der Waals surface area contributed by atoms with Crippen LogP contribution in [0.4, 0.5) is 24.5 Å². The fourth-order valence-corrected chi connectivity index (χ4v) is 2.95. The molecule has 31 heavy (non-hydrogen) atoms. The van der Waals surface area contributed by atoms with E-state index in [-0.39, 0.29) is 17.1 Å². The van der Waals surface area contributed by atoms with Gasteiger partial charge in [-0.3, -0.25) is 9.80 Å². The number of amides is 1. The van der Waals surface area contributed by atoms with Crippen molar-refractivity contribution in [3.05, 3.63) is 77.6 Å². The van der Waals surface area contributed by atoms with Gasteiger partial charge in [-0.15, -0.1) is 13.2 Å². The number of hydrazine groups is 2. The van der Waals surface area contributed by atoms with E-state index >= 15 is 0 Å². The molecule has 0 saturated carbocycles. The molecule has 0 saturated heterocycles. The van der Waals surface area contributed by atoms with Crippen LogP contribution in [-0.2, 0) is 0 Å². The van der Waals surface area contributed by atoms with E-state index in [0.717, 1.165) is 5.01 Å². The number of halogens is 4. The first-order valence-electron chi connectivity index (χ1n) is 8.68. The van der Waals surface area contributed by atoms with E-state index in [1.807, 2.05) is 0 Å². The van der Waals surface area contributed by atoms with E-state index in [2.05, 4.69) is 22.1 Å². The summed E-state index contributed by atoms with van der Waals surface area (Å²) in [6.45, 7) is 3.65. The van der Waals surface area contributed by atoms with Gasteiger partial charge in [-0.25, -0.2) is 11.7 Å². The van der Waals surface area contributed by atoms with E-state index in [1.165, 1.54) is 42.5 Å². The Labute approximate surface area is 179 Å². The van der Waals surface area contributed by atoms with Gasteiger partial charge >= 0.3 is 6.36 Å². The van der Waals surface area contributed by atoms with Gasteiger partial charge in [-0.1, -0.05) is 30.3 Å². The van der Waals surface area contributed by atoms with Crippen molar-refractivity contribution in [2.45, 2.75) is 6.36 Å². The number of nitrogens with zero attached hydrogens (tertiary/aromatic N) is 1. The number of ether oxygens (including phenoxy) is 1. The predicted octanol–water partition coefficient (Wildman–Crippen LogP) is 4.26. The number of hydrogen-bond acceptors (Lipinski definition) is 6. The Morgan fingerprint density at radius 3 is 2.42 bits per heavy atom. The Balaban J connectivity index is 1.87. The maximum Gasteiger partial charge on any atom is 0.573 e. The standard InChI is InChI=1S/C20H17ClF3N5O2/c1-11(28-25)29(26)18-10-15(21)5-7-17(18)27-19(30)14-3-2-13-9-16(31-20(22,23)24)6-4-12(13)8-14/h2-10,28H,1,25-26H2,(H,27,30). The van der Waals surface area contributed by atoms with Gasteiger partial charge in [0, 0.05) is 10.6 Å². The lowest BCUT2D eigenvalue weighted by Gasteiger charge is -2.23. The number of carbonyl (C=O) groups is 1. The first-order valence-corrected chi connectivity index (χ1v) is 9.06. The number of rotatable bonds is 6. The topological polar surface area (TPSA) is 106 Å². The molecule has 0 heterocycles. The van der Waals surface area contributed by atoms with Gasteiger partial charge < -0.3 is 15.5 Å².